The molecule has 0 aromatic carbocycles. The van der Waals surface area contributed by atoms with Gasteiger partial charge in [0.1, 0.15) is 0 Å². The molecule has 104 valence electrons. The van der Waals surface area contributed by atoms with Gasteiger partial charge in [-0.25, -0.2) is 0 Å². The highest BCUT2D eigenvalue weighted by atomic mass is 15.3. The summed E-state index contributed by atoms with van der Waals surface area (Å²) in [7, 11) is 0. The van der Waals surface area contributed by atoms with Gasteiger partial charge in [0, 0.05) is 26.2 Å². The summed E-state index contributed by atoms with van der Waals surface area (Å²) in [5.41, 5.74) is -0.139. The molecular weight excluding hydrogens is 222 g/mol. The van der Waals surface area contributed by atoms with Gasteiger partial charge in [0.25, 0.3) is 0 Å². The molecule has 3 nitrogen and oxygen atoms in total. The summed E-state index contributed by atoms with van der Waals surface area (Å²) in [5.74, 6) is 0. The molecule has 1 fully saturated rings. The zero-order valence-electron chi connectivity index (χ0n) is 12.4. The van der Waals surface area contributed by atoms with Crippen LogP contribution in [0, 0.1) is 16.7 Å². The number of rotatable bonds is 7. The summed E-state index contributed by atoms with van der Waals surface area (Å²) in [4.78, 5) is 5.14. The minimum absolute atomic E-state index is 0.139. The van der Waals surface area contributed by atoms with Crippen molar-refractivity contribution in [3.8, 4) is 6.07 Å². The van der Waals surface area contributed by atoms with Crippen LogP contribution in [0.5, 0.6) is 0 Å². The lowest BCUT2D eigenvalue weighted by atomic mass is 9.89. The third-order valence-electron chi connectivity index (χ3n) is 3.83. The Morgan fingerprint density at radius 3 is 2.06 bits per heavy atom. The number of piperazine rings is 1. The first-order chi connectivity index (χ1) is 8.57. The molecule has 3 heteroatoms. The molecule has 0 atom stereocenters. The molecule has 0 aliphatic carbocycles. The van der Waals surface area contributed by atoms with Crippen LogP contribution >= 0.6 is 0 Å². The fraction of sp³-hybridized carbons (Fsp3) is 0.933. The molecule has 0 N–H and O–H groups in total. The molecule has 1 aliphatic heterocycles. The Bertz CT molecular complexity index is 259. The fourth-order valence-corrected chi connectivity index (χ4v) is 2.51. The predicted molar refractivity (Wildman–Crippen MR) is 76.4 cm³/mol. The van der Waals surface area contributed by atoms with Crippen LogP contribution in [0.25, 0.3) is 0 Å². The molecule has 18 heavy (non-hydrogen) atoms. The largest absolute Gasteiger partial charge is 0.301 e. The average molecular weight is 251 g/mol. The third-order valence-corrected chi connectivity index (χ3v) is 3.83. The van der Waals surface area contributed by atoms with Gasteiger partial charge >= 0.3 is 0 Å². The van der Waals surface area contributed by atoms with Crippen LogP contribution in [0.2, 0.25) is 0 Å². The smallest absolute Gasteiger partial charge is 0.0683 e. The van der Waals surface area contributed by atoms with E-state index in [1.54, 1.807) is 0 Å². The van der Waals surface area contributed by atoms with E-state index in [2.05, 4.69) is 22.8 Å². The molecule has 0 spiro atoms. The van der Waals surface area contributed by atoms with Gasteiger partial charge in [-0.05, 0) is 46.2 Å². The van der Waals surface area contributed by atoms with E-state index in [0.717, 1.165) is 6.42 Å². The molecule has 0 bridgehead atoms. The minimum Gasteiger partial charge on any atom is -0.301 e. The van der Waals surface area contributed by atoms with E-state index in [-0.39, 0.29) is 5.41 Å². The molecule has 0 radical (unpaired) electrons. The Morgan fingerprint density at radius 1 is 1.00 bits per heavy atom. The van der Waals surface area contributed by atoms with Gasteiger partial charge in [-0.15, -0.1) is 0 Å². The third kappa shape index (κ3) is 5.84. The van der Waals surface area contributed by atoms with Gasteiger partial charge in [0.2, 0.25) is 0 Å². The number of nitriles is 1. The van der Waals surface area contributed by atoms with Crippen LogP contribution in [0.15, 0.2) is 0 Å². The summed E-state index contributed by atoms with van der Waals surface area (Å²) in [6.45, 7) is 13.7. The molecule has 0 aromatic rings. The molecule has 0 saturated carbocycles. The van der Waals surface area contributed by atoms with Gasteiger partial charge in [0.15, 0.2) is 0 Å². The Hall–Kier alpha value is -0.590. The molecule has 1 heterocycles. The summed E-state index contributed by atoms with van der Waals surface area (Å²) in [5, 5.41) is 8.96. The Balaban J connectivity index is 2.06. The topological polar surface area (TPSA) is 30.3 Å². The van der Waals surface area contributed by atoms with Crippen molar-refractivity contribution in [3.63, 3.8) is 0 Å². The maximum absolute atomic E-state index is 8.96. The van der Waals surface area contributed by atoms with E-state index in [4.69, 9.17) is 5.26 Å². The summed E-state index contributed by atoms with van der Waals surface area (Å²) in [6, 6.07) is 2.38. The Labute approximate surface area is 113 Å². The highest BCUT2D eigenvalue weighted by Gasteiger charge is 2.17. The standard InChI is InChI=1S/C15H29N3/c1-4-8-17-10-12-18(13-11-17)9-6-5-7-15(2,3)14-16/h4-13H2,1-3H3. The number of hydrogen-bond donors (Lipinski definition) is 0. The van der Waals surface area contributed by atoms with Crippen molar-refractivity contribution >= 4 is 0 Å². The zero-order chi connectivity index (χ0) is 13.4. The second-order valence-corrected chi connectivity index (χ2v) is 6.14. The monoisotopic (exact) mass is 251 g/mol. The predicted octanol–water partition coefficient (Wildman–Crippen LogP) is 2.73. The Morgan fingerprint density at radius 2 is 1.56 bits per heavy atom. The zero-order valence-corrected chi connectivity index (χ0v) is 12.4. The molecule has 1 rings (SSSR count). The Kier molecular flexibility index (Phi) is 6.67. The molecule has 0 unspecified atom stereocenters. The average Bonchev–Trinajstić information content (AvgIpc) is 2.37. The van der Waals surface area contributed by atoms with Crippen molar-refractivity contribution in [2.45, 2.75) is 46.5 Å². The van der Waals surface area contributed by atoms with E-state index >= 15 is 0 Å². The van der Waals surface area contributed by atoms with Crippen molar-refractivity contribution in [2.24, 2.45) is 5.41 Å². The molecule has 0 aromatic heterocycles. The molecule has 1 saturated heterocycles. The van der Waals surface area contributed by atoms with Gasteiger partial charge in [-0.3, -0.25) is 0 Å². The van der Waals surface area contributed by atoms with Crippen molar-refractivity contribution < 1.29 is 0 Å². The molecule has 1 aliphatic rings. The van der Waals surface area contributed by atoms with E-state index in [9.17, 15) is 0 Å². The van der Waals surface area contributed by atoms with Gasteiger partial charge in [-0.2, -0.15) is 5.26 Å². The van der Waals surface area contributed by atoms with Crippen LogP contribution in [0.1, 0.15) is 46.5 Å². The highest BCUT2D eigenvalue weighted by Crippen LogP contribution is 2.21. The van der Waals surface area contributed by atoms with Crippen molar-refractivity contribution in [1.82, 2.24) is 9.80 Å². The second kappa shape index (κ2) is 7.76. The summed E-state index contributed by atoms with van der Waals surface area (Å²) >= 11 is 0. The van der Waals surface area contributed by atoms with Gasteiger partial charge in [-0.1, -0.05) is 13.3 Å². The molecular formula is C15H29N3. The quantitative estimate of drug-likeness (QED) is 0.652. The lowest BCUT2D eigenvalue weighted by Gasteiger charge is -2.34. The van der Waals surface area contributed by atoms with E-state index in [1.165, 1.54) is 58.5 Å². The fourth-order valence-electron chi connectivity index (χ4n) is 2.51. The van der Waals surface area contributed by atoms with Gasteiger partial charge in [0.05, 0.1) is 11.5 Å². The van der Waals surface area contributed by atoms with E-state index in [1.807, 2.05) is 13.8 Å². The van der Waals surface area contributed by atoms with Crippen LogP contribution in [0.3, 0.4) is 0 Å². The SMILES string of the molecule is CCCN1CCN(CCCCC(C)(C)C#N)CC1. The maximum atomic E-state index is 8.96. The van der Waals surface area contributed by atoms with E-state index in [0.29, 0.717) is 0 Å². The molecule has 0 amide bonds. The van der Waals surface area contributed by atoms with Crippen molar-refractivity contribution in [2.75, 3.05) is 39.3 Å². The first kappa shape index (κ1) is 15.5. The van der Waals surface area contributed by atoms with Crippen LogP contribution < -0.4 is 0 Å². The van der Waals surface area contributed by atoms with Crippen molar-refractivity contribution in [3.05, 3.63) is 0 Å². The number of unbranched alkanes of at least 4 members (excludes halogenated alkanes) is 1. The second-order valence-electron chi connectivity index (χ2n) is 6.14. The normalized spacial score (nSPS) is 18.8. The highest BCUT2D eigenvalue weighted by molar-refractivity contribution is 4.91. The van der Waals surface area contributed by atoms with Crippen LogP contribution in [-0.2, 0) is 0 Å². The van der Waals surface area contributed by atoms with Gasteiger partial charge < -0.3 is 9.80 Å². The lowest BCUT2D eigenvalue weighted by Crippen LogP contribution is -2.46. The minimum atomic E-state index is -0.139. The number of hydrogen-bond acceptors (Lipinski definition) is 3. The van der Waals surface area contributed by atoms with Crippen LogP contribution in [-0.4, -0.2) is 49.1 Å². The first-order valence-corrected chi connectivity index (χ1v) is 7.43. The first-order valence-electron chi connectivity index (χ1n) is 7.43. The maximum Gasteiger partial charge on any atom is 0.0683 e. The summed E-state index contributed by atoms with van der Waals surface area (Å²) < 4.78 is 0. The lowest BCUT2D eigenvalue weighted by molar-refractivity contribution is 0.130. The van der Waals surface area contributed by atoms with E-state index < -0.39 is 0 Å². The van der Waals surface area contributed by atoms with Crippen LogP contribution in [0.4, 0.5) is 0 Å². The summed E-state index contributed by atoms with van der Waals surface area (Å²) in [6.07, 6.45) is 4.71. The number of nitrogens with zero attached hydrogens (tertiary/aromatic N) is 3. The van der Waals surface area contributed by atoms with Crippen molar-refractivity contribution in [1.29, 1.82) is 5.26 Å².